The molecule has 0 bridgehead atoms. The van der Waals surface area contributed by atoms with Crippen molar-refractivity contribution < 1.29 is 14.3 Å². The van der Waals surface area contributed by atoms with E-state index in [9.17, 15) is 4.79 Å². The van der Waals surface area contributed by atoms with Crippen molar-refractivity contribution in [2.45, 2.75) is 6.92 Å². The summed E-state index contributed by atoms with van der Waals surface area (Å²) in [5.74, 6) is 0.600. The van der Waals surface area contributed by atoms with Gasteiger partial charge >= 0.3 is 5.97 Å². The lowest BCUT2D eigenvalue weighted by atomic mass is 10.3. The normalized spacial score (nSPS) is 9.89. The number of carbonyl (C=O) groups is 1. The number of nitrogens with zero attached hydrogens (tertiary/aromatic N) is 2. The van der Waals surface area contributed by atoms with Crippen LogP contribution in [0.5, 0.6) is 17.2 Å². The average molecular weight is 265 g/mol. The van der Waals surface area contributed by atoms with E-state index in [1.165, 1.54) is 25.6 Å². The van der Waals surface area contributed by atoms with Crippen LogP contribution in [0.2, 0.25) is 5.02 Å². The summed E-state index contributed by atoms with van der Waals surface area (Å²) >= 11 is 5.87. The van der Waals surface area contributed by atoms with Crippen molar-refractivity contribution in [3.05, 3.63) is 41.9 Å². The van der Waals surface area contributed by atoms with Gasteiger partial charge in [-0.2, -0.15) is 0 Å². The molecular formula is C12H9ClN2O3. The van der Waals surface area contributed by atoms with Gasteiger partial charge in [0.05, 0.1) is 12.4 Å². The third-order valence-electron chi connectivity index (χ3n) is 1.92. The summed E-state index contributed by atoms with van der Waals surface area (Å²) in [7, 11) is 0. The minimum atomic E-state index is -0.438. The van der Waals surface area contributed by atoms with Gasteiger partial charge in [-0.3, -0.25) is 4.79 Å². The number of aromatic nitrogens is 2. The molecule has 92 valence electrons. The second-order valence-corrected chi connectivity index (χ2v) is 3.80. The van der Waals surface area contributed by atoms with Gasteiger partial charge in [0.15, 0.2) is 17.2 Å². The van der Waals surface area contributed by atoms with Gasteiger partial charge in [-0.05, 0) is 12.1 Å². The van der Waals surface area contributed by atoms with Crippen LogP contribution >= 0.6 is 11.6 Å². The van der Waals surface area contributed by atoms with Crippen molar-refractivity contribution in [1.29, 1.82) is 0 Å². The topological polar surface area (TPSA) is 61.3 Å². The van der Waals surface area contributed by atoms with Gasteiger partial charge in [-0.1, -0.05) is 11.6 Å². The Morgan fingerprint density at radius 3 is 2.61 bits per heavy atom. The van der Waals surface area contributed by atoms with Gasteiger partial charge in [0.2, 0.25) is 0 Å². The van der Waals surface area contributed by atoms with Crippen molar-refractivity contribution in [2.24, 2.45) is 0 Å². The predicted molar refractivity (Wildman–Crippen MR) is 64.9 cm³/mol. The second kappa shape index (κ2) is 5.46. The molecule has 0 saturated carbocycles. The van der Waals surface area contributed by atoms with Crippen molar-refractivity contribution in [3.63, 3.8) is 0 Å². The Labute approximate surface area is 108 Å². The van der Waals surface area contributed by atoms with Crippen LogP contribution in [0.15, 0.2) is 36.9 Å². The molecule has 0 radical (unpaired) electrons. The van der Waals surface area contributed by atoms with Crippen molar-refractivity contribution in [2.75, 3.05) is 0 Å². The number of benzene rings is 1. The van der Waals surface area contributed by atoms with Crippen LogP contribution in [0.3, 0.4) is 0 Å². The van der Waals surface area contributed by atoms with Crippen molar-refractivity contribution in [1.82, 2.24) is 9.97 Å². The van der Waals surface area contributed by atoms with Gasteiger partial charge < -0.3 is 9.47 Å². The van der Waals surface area contributed by atoms with Crippen LogP contribution in [-0.2, 0) is 4.79 Å². The summed E-state index contributed by atoms with van der Waals surface area (Å²) in [6.07, 6.45) is 4.37. The van der Waals surface area contributed by atoms with Gasteiger partial charge in [-0.25, -0.2) is 9.97 Å². The van der Waals surface area contributed by atoms with Crippen LogP contribution in [-0.4, -0.2) is 15.9 Å². The van der Waals surface area contributed by atoms with Crippen molar-refractivity contribution in [3.8, 4) is 17.2 Å². The van der Waals surface area contributed by atoms with E-state index in [1.807, 2.05) is 0 Å². The van der Waals surface area contributed by atoms with Gasteiger partial charge in [0, 0.05) is 18.0 Å². The van der Waals surface area contributed by atoms with Gasteiger partial charge in [0.1, 0.15) is 6.33 Å². The lowest BCUT2D eigenvalue weighted by Crippen LogP contribution is -2.02. The van der Waals surface area contributed by atoms with Gasteiger partial charge in [0.25, 0.3) is 0 Å². The molecule has 0 spiro atoms. The number of ether oxygens (including phenoxy) is 2. The molecule has 18 heavy (non-hydrogen) atoms. The zero-order chi connectivity index (χ0) is 13.0. The summed E-state index contributed by atoms with van der Waals surface area (Å²) in [5, 5.41) is 0.470. The molecule has 0 aliphatic heterocycles. The third-order valence-corrected chi connectivity index (χ3v) is 2.16. The Morgan fingerprint density at radius 1 is 1.22 bits per heavy atom. The van der Waals surface area contributed by atoms with Crippen molar-refractivity contribution >= 4 is 17.6 Å². The first-order valence-electron chi connectivity index (χ1n) is 5.06. The van der Waals surface area contributed by atoms with Crippen LogP contribution < -0.4 is 9.47 Å². The quantitative estimate of drug-likeness (QED) is 0.630. The maximum absolute atomic E-state index is 11.0. The maximum atomic E-state index is 11.0. The summed E-state index contributed by atoms with van der Waals surface area (Å²) in [6.45, 7) is 1.31. The smallest absolute Gasteiger partial charge is 0.308 e. The van der Waals surface area contributed by atoms with E-state index in [-0.39, 0.29) is 5.75 Å². The number of esters is 1. The summed E-state index contributed by atoms with van der Waals surface area (Å²) in [5.41, 5.74) is 0. The van der Waals surface area contributed by atoms with Crippen LogP contribution in [0.1, 0.15) is 6.92 Å². The molecule has 1 aromatic carbocycles. The Kier molecular flexibility index (Phi) is 3.74. The van der Waals surface area contributed by atoms with E-state index in [4.69, 9.17) is 21.1 Å². The predicted octanol–water partition coefficient (Wildman–Crippen LogP) is 2.85. The third kappa shape index (κ3) is 3.18. The maximum Gasteiger partial charge on any atom is 0.308 e. The molecule has 0 aliphatic carbocycles. The molecule has 1 aromatic heterocycles. The van der Waals surface area contributed by atoms with E-state index in [0.29, 0.717) is 16.5 Å². The Balaban J connectivity index is 2.30. The number of hydrogen-bond donors (Lipinski definition) is 0. The Bertz CT molecular complexity index is 561. The number of rotatable bonds is 3. The molecular weight excluding hydrogens is 256 g/mol. The minimum Gasteiger partial charge on any atom is -0.450 e. The average Bonchev–Trinajstić information content (AvgIpc) is 2.33. The monoisotopic (exact) mass is 264 g/mol. The number of halogens is 1. The summed E-state index contributed by atoms with van der Waals surface area (Å²) < 4.78 is 10.5. The standard InChI is InChI=1S/C12H9ClN2O3/c1-8(16)17-11-3-2-9(13)4-12(11)18-10-5-14-7-15-6-10/h2-7H,1H3. The van der Waals surface area contributed by atoms with Crippen LogP contribution in [0, 0.1) is 0 Å². The van der Waals surface area contributed by atoms with Crippen LogP contribution in [0.25, 0.3) is 0 Å². The first kappa shape index (κ1) is 12.3. The second-order valence-electron chi connectivity index (χ2n) is 3.36. The van der Waals surface area contributed by atoms with E-state index in [0.717, 1.165) is 0 Å². The molecule has 6 heteroatoms. The molecule has 0 N–H and O–H groups in total. The Morgan fingerprint density at radius 2 is 1.94 bits per heavy atom. The highest BCUT2D eigenvalue weighted by Crippen LogP contribution is 2.33. The van der Waals surface area contributed by atoms with E-state index in [1.54, 1.807) is 18.2 Å². The zero-order valence-electron chi connectivity index (χ0n) is 9.46. The highest BCUT2D eigenvalue weighted by molar-refractivity contribution is 6.30. The molecule has 2 rings (SSSR count). The molecule has 0 aliphatic rings. The minimum absolute atomic E-state index is 0.288. The molecule has 5 nitrogen and oxygen atoms in total. The molecule has 0 amide bonds. The fourth-order valence-corrected chi connectivity index (χ4v) is 1.43. The SMILES string of the molecule is CC(=O)Oc1ccc(Cl)cc1Oc1cncnc1. The lowest BCUT2D eigenvalue weighted by molar-refractivity contribution is -0.131. The number of carbonyl (C=O) groups excluding carboxylic acids is 1. The fraction of sp³-hybridized carbons (Fsp3) is 0.0833. The molecule has 1 heterocycles. The molecule has 0 fully saturated rings. The van der Waals surface area contributed by atoms with E-state index < -0.39 is 5.97 Å². The summed E-state index contributed by atoms with van der Waals surface area (Å²) in [4.78, 5) is 18.6. The highest BCUT2D eigenvalue weighted by Gasteiger charge is 2.09. The highest BCUT2D eigenvalue weighted by atomic mass is 35.5. The van der Waals surface area contributed by atoms with Crippen LogP contribution in [0.4, 0.5) is 0 Å². The molecule has 2 aromatic rings. The van der Waals surface area contributed by atoms with Gasteiger partial charge in [-0.15, -0.1) is 0 Å². The molecule has 0 atom stereocenters. The fourth-order valence-electron chi connectivity index (χ4n) is 1.27. The molecule has 0 saturated heterocycles. The number of hydrogen-bond acceptors (Lipinski definition) is 5. The first-order chi connectivity index (χ1) is 8.65. The molecule has 0 unspecified atom stereocenters. The van der Waals surface area contributed by atoms with E-state index >= 15 is 0 Å². The zero-order valence-corrected chi connectivity index (χ0v) is 10.2. The largest absolute Gasteiger partial charge is 0.450 e. The Hall–Kier alpha value is -2.14. The summed E-state index contributed by atoms with van der Waals surface area (Å²) in [6, 6.07) is 4.71. The first-order valence-corrected chi connectivity index (χ1v) is 5.44. The van der Waals surface area contributed by atoms with E-state index in [2.05, 4.69) is 9.97 Å². The lowest BCUT2D eigenvalue weighted by Gasteiger charge is -2.10.